The van der Waals surface area contributed by atoms with Gasteiger partial charge in [-0.1, -0.05) is 6.07 Å². The molecule has 0 spiro atoms. The predicted octanol–water partition coefficient (Wildman–Crippen LogP) is 3.57. The number of aryl methyl sites for hydroxylation is 2. The third-order valence-electron chi connectivity index (χ3n) is 3.01. The number of rotatable bonds is 3. The normalized spacial score (nSPS) is 10.2. The molecule has 0 aliphatic rings. The Morgan fingerprint density at radius 2 is 1.94 bits per heavy atom. The summed E-state index contributed by atoms with van der Waals surface area (Å²) in [4.78, 5) is 12.7. The molecule has 1 amide bonds. The van der Waals surface area contributed by atoms with Gasteiger partial charge in [0.15, 0.2) is 0 Å². The summed E-state index contributed by atoms with van der Waals surface area (Å²) in [6, 6.07) is 2.12. The Bertz CT molecular complexity index is 444. The second kappa shape index (κ2) is 5.54. The first kappa shape index (κ1) is 14.0. The minimum Gasteiger partial charge on any atom is -0.496 e. The van der Waals surface area contributed by atoms with Gasteiger partial charge in [-0.25, -0.2) is 0 Å². The quantitative estimate of drug-likeness (QED) is 0.631. The molecule has 4 heteroatoms. The molecule has 0 heterocycles. The van der Waals surface area contributed by atoms with Crippen molar-refractivity contribution in [2.45, 2.75) is 27.3 Å². The third-order valence-corrected chi connectivity index (χ3v) is 3.62. The zero-order chi connectivity index (χ0) is 13.2. The van der Waals surface area contributed by atoms with Crippen molar-refractivity contribution < 1.29 is 9.53 Å². The van der Waals surface area contributed by atoms with Crippen molar-refractivity contribution in [1.29, 1.82) is 0 Å². The third kappa shape index (κ3) is 3.00. The van der Waals surface area contributed by atoms with E-state index in [0.717, 1.165) is 22.4 Å². The molecule has 0 atom stereocenters. The molecular formula is C13H18BrNO2. The van der Waals surface area contributed by atoms with Crippen molar-refractivity contribution >= 4 is 20.7 Å². The molecule has 1 aromatic rings. The molecule has 0 fully saturated rings. The lowest BCUT2D eigenvalue weighted by Crippen LogP contribution is -2.21. The van der Waals surface area contributed by atoms with Crippen LogP contribution in [0.3, 0.4) is 0 Å². The molecule has 94 valence electrons. The van der Waals surface area contributed by atoms with E-state index in [0.29, 0.717) is 6.54 Å². The molecule has 0 saturated carbocycles. The number of methoxy groups -OCH3 is 1. The van der Waals surface area contributed by atoms with Crippen molar-refractivity contribution in [3.63, 3.8) is 0 Å². The standard InChI is InChI=1S/C13H18BrNO2/c1-8-6-9(2)11(7-15(4)13(14)16)12(17-5)10(8)3/h6H,7H2,1-5H3. The van der Waals surface area contributed by atoms with Gasteiger partial charge in [0.25, 0.3) is 4.82 Å². The number of hydrogen-bond acceptors (Lipinski definition) is 2. The lowest BCUT2D eigenvalue weighted by Gasteiger charge is -2.20. The summed E-state index contributed by atoms with van der Waals surface area (Å²) < 4.78 is 5.47. The molecule has 0 saturated heterocycles. The highest BCUT2D eigenvalue weighted by molar-refractivity contribution is 9.18. The van der Waals surface area contributed by atoms with Crippen LogP contribution < -0.4 is 4.74 Å². The molecule has 0 bridgehead atoms. The van der Waals surface area contributed by atoms with Gasteiger partial charge in [-0.05, 0) is 37.5 Å². The lowest BCUT2D eigenvalue weighted by molar-refractivity contribution is 0.232. The Balaban J connectivity index is 3.22. The highest BCUT2D eigenvalue weighted by Gasteiger charge is 2.15. The first-order valence-corrected chi connectivity index (χ1v) is 6.22. The van der Waals surface area contributed by atoms with E-state index in [1.165, 1.54) is 5.56 Å². The van der Waals surface area contributed by atoms with Crippen LogP contribution in [0.4, 0.5) is 4.79 Å². The van der Waals surface area contributed by atoms with Crippen LogP contribution in [-0.4, -0.2) is 23.9 Å². The van der Waals surface area contributed by atoms with E-state index in [2.05, 4.69) is 28.9 Å². The number of halogens is 1. The molecule has 17 heavy (non-hydrogen) atoms. The van der Waals surface area contributed by atoms with Gasteiger partial charge in [0, 0.05) is 28.5 Å². The van der Waals surface area contributed by atoms with E-state index in [4.69, 9.17) is 4.74 Å². The van der Waals surface area contributed by atoms with Crippen molar-refractivity contribution in [3.8, 4) is 5.75 Å². The summed E-state index contributed by atoms with van der Waals surface area (Å²) in [5.41, 5.74) is 4.54. The summed E-state index contributed by atoms with van der Waals surface area (Å²) in [7, 11) is 3.42. The topological polar surface area (TPSA) is 29.5 Å². The fourth-order valence-corrected chi connectivity index (χ4v) is 2.00. The zero-order valence-corrected chi connectivity index (χ0v) is 12.5. The van der Waals surface area contributed by atoms with Gasteiger partial charge >= 0.3 is 0 Å². The molecular weight excluding hydrogens is 282 g/mol. The van der Waals surface area contributed by atoms with Gasteiger partial charge in [0.05, 0.1) is 13.7 Å². The second-order valence-corrected chi connectivity index (χ2v) is 4.93. The van der Waals surface area contributed by atoms with Gasteiger partial charge in [0.1, 0.15) is 5.75 Å². The van der Waals surface area contributed by atoms with Crippen LogP contribution in [0.15, 0.2) is 6.07 Å². The first-order valence-electron chi connectivity index (χ1n) is 5.42. The van der Waals surface area contributed by atoms with Gasteiger partial charge in [0.2, 0.25) is 0 Å². The highest BCUT2D eigenvalue weighted by Crippen LogP contribution is 2.30. The van der Waals surface area contributed by atoms with Gasteiger partial charge in [-0.3, -0.25) is 4.79 Å². The Morgan fingerprint density at radius 1 is 1.35 bits per heavy atom. The maximum Gasteiger partial charge on any atom is 0.289 e. The molecule has 0 aromatic heterocycles. The molecule has 1 aromatic carbocycles. The number of benzene rings is 1. The summed E-state index contributed by atoms with van der Waals surface area (Å²) in [5, 5.41) is 0. The first-order chi connectivity index (χ1) is 7.88. The molecule has 1 rings (SSSR count). The average molecular weight is 300 g/mol. The second-order valence-electron chi connectivity index (χ2n) is 4.26. The smallest absolute Gasteiger partial charge is 0.289 e. The summed E-state index contributed by atoms with van der Waals surface area (Å²) in [6.07, 6.45) is 0. The average Bonchev–Trinajstić information content (AvgIpc) is 2.26. The van der Waals surface area contributed by atoms with E-state index in [1.54, 1.807) is 19.1 Å². The van der Waals surface area contributed by atoms with Gasteiger partial charge < -0.3 is 9.64 Å². The summed E-state index contributed by atoms with van der Waals surface area (Å²) in [5.74, 6) is 0.878. The summed E-state index contributed by atoms with van der Waals surface area (Å²) >= 11 is 2.95. The van der Waals surface area contributed by atoms with Gasteiger partial charge in [-0.2, -0.15) is 0 Å². The molecule has 0 radical (unpaired) electrons. The maximum absolute atomic E-state index is 11.2. The van der Waals surface area contributed by atoms with Crippen molar-refractivity contribution in [2.75, 3.05) is 14.2 Å². The van der Waals surface area contributed by atoms with E-state index < -0.39 is 0 Å². The van der Waals surface area contributed by atoms with Crippen LogP contribution in [0.2, 0.25) is 0 Å². The molecule has 0 N–H and O–H groups in total. The SMILES string of the molecule is COc1c(C)c(C)cc(C)c1CN(C)C(=O)Br. The number of nitrogens with zero attached hydrogens (tertiary/aromatic N) is 1. The fraction of sp³-hybridized carbons (Fsp3) is 0.462. The number of carbonyl (C=O) groups is 1. The monoisotopic (exact) mass is 299 g/mol. The van der Waals surface area contributed by atoms with Crippen LogP contribution in [0.25, 0.3) is 0 Å². The van der Waals surface area contributed by atoms with Crippen molar-refractivity contribution in [2.24, 2.45) is 0 Å². The Kier molecular flexibility index (Phi) is 4.57. The Labute approximate surface area is 111 Å². The number of ether oxygens (including phenoxy) is 1. The van der Waals surface area contributed by atoms with E-state index in [1.807, 2.05) is 13.8 Å². The minimum atomic E-state index is -0.128. The summed E-state index contributed by atoms with van der Waals surface area (Å²) in [6.45, 7) is 6.68. The predicted molar refractivity (Wildman–Crippen MR) is 73.0 cm³/mol. The highest BCUT2D eigenvalue weighted by atomic mass is 79.9. The minimum absolute atomic E-state index is 0.128. The molecule has 3 nitrogen and oxygen atoms in total. The number of amides is 1. The van der Waals surface area contributed by atoms with E-state index in [-0.39, 0.29) is 4.82 Å². The van der Waals surface area contributed by atoms with E-state index in [9.17, 15) is 4.79 Å². The van der Waals surface area contributed by atoms with Crippen LogP contribution in [0.1, 0.15) is 22.3 Å². The van der Waals surface area contributed by atoms with Crippen molar-refractivity contribution in [3.05, 3.63) is 28.3 Å². The molecule has 0 aliphatic carbocycles. The van der Waals surface area contributed by atoms with Crippen molar-refractivity contribution in [1.82, 2.24) is 4.90 Å². The van der Waals surface area contributed by atoms with Crippen LogP contribution in [-0.2, 0) is 6.54 Å². The molecule has 0 aliphatic heterocycles. The Hall–Kier alpha value is -1.03. The largest absolute Gasteiger partial charge is 0.496 e. The van der Waals surface area contributed by atoms with Crippen LogP contribution in [0, 0.1) is 20.8 Å². The van der Waals surface area contributed by atoms with Gasteiger partial charge in [-0.15, -0.1) is 0 Å². The van der Waals surface area contributed by atoms with Crippen LogP contribution in [0.5, 0.6) is 5.75 Å². The number of carbonyl (C=O) groups excluding carboxylic acids is 1. The zero-order valence-electron chi connectivity index (χ0n) is 10.9. The fourth-order valence-electron chi connectivity index (χ4n) is 1.88. The maximum atomic E-state index is 11.2. The number of hydrogen-bond donors (Lipinski definition) is 0. The Morgan fingerprint density at radius 3 is 2.41 bits per heavy atom. The molecule has 0 unspecified atom stereocenters. The van der Waals surface area contributed by atoms with E-state index >= 15 is 0 Å². The lowest BCUT2D eigenvalue weighted by atomic mass is 9.99. The van der Waals surface area contributed by atoms with Crippen LogP contribution >= 0.6 is 15.9 Å².